The zero-order valence-electron chi connectivity index (χ0n) is 30.1. The van der Waals surface area contributed by atoms with Crippen molar-refractivity contribution in [3.63, 3.8) is 0 Å². The van der Waals surface area contributed by atoms with Crippen molar-refractivity contribution in [2.24, 2.45) is 17.8 Å². The van der Waals surface area contributed by atoms with E-state index in [0.29, 0.717) is 13.0 Å². The van der Waals surface area contributed by atoms with Crippen LogP contribution >= 0.6 is 22.6 Å². The number of carbonyl (C=O) groups excluding carboxylic acids is 4. The average Bonchev–Trinajstić information content (AvgIpc) is 3.08. The number of likely N-dealkylation sites (N-methyl/N-ethyl adjacent to an activating group) is 1. The maximum absolute atomic E-state index is 14.0. The summed E-state index contributed by atoms with van der Waals surface area (Å²) < 4.78 is 28.9. The number of hydrogen-bond donors (Lipinski definition) is 2. The number of terminal acetylenes is 1. The molecular weight excluding hydrogens is 761 g/mol. The van der Waals surface area contributed by atoms with Gasteiger partial charge in [-0.2, -0.15) is 0 Å². The fourth-order valence-corrected chi connectivity index (χ4v) is 6.97. The van der Waals surface area contributed by atoms with Gasteiger partial charge in [0.15, 0.2) is 28.1 Å². The van der Waals surface area contributed by atoms with Crippen molar-refractivity contribution in [2.75, 3.05) is 14.2 Å². The van der Waals surface area contributed by atoms with Gasteiger partial charge in [-0.25, -0.2) is 0 Å². The molecule has 2 aliphatic rings. The summed E-state index contributed by atoms with van der Waals surface area (Å²) in [7, 11) is 3.27. The van der Waals surface area contributed by atoms with E-state index >= 15 is 0 Å². The van der Waals surface area contributed by atoms with E-state index in [1.165, 1.54) is 47.0 Å². The number of ketones is 2. The monoisotopic (exact) mass is 811 g/mol. The third-order valence-corrected chi connectivity index (χ3v) is 11.3. The summed E-state index contributed by atoms with van der Waals surface area (Å²) in [6.07, 6.45) is 3.28. The lowest BCUT2D eigenvalue weighted by atomic mass is 9.81. The fraction of sp³-hybridized carbons (Fsp3) is 0.622. The first-order valence-electron chi connectivity index (χ1n) is 16.6. The first-order valence-corrected chi connectivity index (χ1v) is 17.8. The molecule has 0 aromatic heterocycles. The summed E-state index contributed by atoms with van der Waals surface area (Å²) in [6.45, 7) is 10.9. The van der Waals surface area contributed by atoms with Crippen LogP contribution in [0.15, 0.2) is 36.4 Å². The number of ether oxygens (including phenoxy) is 5. The number of rotatable bonds is 7. The number of halogens is 1. The Hall–Kier alpha value is -2.71. The van der Waals surface area contributed by atoms with Crippen LogP contribution in [0.4, 0.5) is 0 Å². The Kier molecular flexibility index (Phi) is 14.4. The molecule has 50 heavy (non-hydrogen) atoms. The average molecular weight is 812 g/mol. The van der Waals surface area contributed by atoms with Crippen LogP contribution in [0, 0.1) is 30.1 Å². The Bertz CT molecular complexity index is 1460. The summed E-state index contributed by atoms with van der Waals surface area (Å²) in [5.41, 5.74) is -1.79. The van der Waals surface area contributed by atoms with Crippen molar-refractivity contribution in [1.29, 1.82) is 0 Å². The molecule has 2 aliphatic heterocycles. The molecule has 0 amide bonds. The van der Waals surface area contributed by atoms with E-state index in [1.807, 2.05) is 43.1 Å². The molecule has 1 saturated heterocycles. The lowest BCUT2D eigenvalue weighted by molar-refractivity contribution is -0.293. The summed E-state index contributed by atoms with van der Waals surface area (Å²) in [5.74, 6) is -3.53. The second kappa shape index (κ2) is 17.2. The highest BCUT2D eigenvalue weighted by Crippen LogP contribution is 2.36. The minimum Gasteiger partial charge on any atom is -0.455 e. The maximum Gasteiger partial charge on any atom is 0.317 e. The summed E-state index contributed by atoms with van der Waals surface area (Å²) in [4.78, 5) is 55.1. The highest BCUT2D eigenvalue weighted by Gasteiger charge is 2.50. The highest BCUT2D eigenvalue weighted by atomic mass is 127. The number of aliphatic hydroxyl groups is 2. The number of nitrogens with zero attached hydrogens (tertiary/aromatic N) is 1. The molecule has 12 atom stereocenters. The van der Waals surface area contributed by atoms with Crippen LogP contribution in [0.3, 0.4) is 0 Å². The number of carbonyl (C=O) groups is 4. The molecule has 0 aliphatic carbocycles. The number of Topliss-reactive ketones (excluding diaryl/α,β-unsaturated/α-hetero) is 1. The Labute approximate surface area is 308 Å². The number of esters is 2. The Morgan fingerprint density at radius 1 is 1.12 bits per heavy atom. The van der Waals surface area contributed by atoms with Crippen LogP contribution in [-0.2, 0) is 49.4 Å². The second-order valence-corrected chi connectivity index (χ2v) is 14.9. The van der Waals surface area contributed by atoms with Gasteiger partial charge in [0.25, 0.3) is 0 Å². The van der Waals surface area contributed by atoms with Crippen molar-refractivity contribution in [2.45, 2.75) is 113 Å². The highest BCUT2D eigenvalue weighted by molar-refractivity contribution is 14.1. The molecule has 0 bridgehead atoms. The van der Waals surface area contributed by atoms with Crippen molar-refractivity contribution < 1.29 is 53.1 Å². The molecule has 0 saturated carbocycles. The topological polar surface area (TPSA) is 158 Å². The molecule has 0 unspecified atom stereocenters. The number of cyclic esters (lactones) is 1. The van der Waals surface area contributed by atoms with Crippen LogP contribution in [0.25, 0.3) is 0 Å². The van der Waals surface area contributed by atoms with Gasteiger partial charge in [0.05, 0.1) is 18.2 Å². The van der Waals surface area contributed by atoms with E-state index in [4.69, 9.17) is 30.1 Å². The number of hydrogen-bond acceptors (Lipinski definition) is 12. The van der Waals surface area contributed by atoms with Crippen molar-refractivity contribution in [3.05, 3.63) is 47.5 Å². The standard InChI is InChI=1S/C37H50INO11/c1-11-25-12-14-26(15-13-25)19-39(9)27-18-20(2)47-34(30(27)48-24(6)40)49-32-22(4)29(42)23(5)33(44)50-35(38)37(8,45)31(43)21(3)28(41)16-17-36(32,7)46-10/h1,12-17,20-23,27,30-32,34-35,43,45H,18-19H2,2-10H3/b17-16+/t20-,21+,22+,23-,27+,30+,31-,32-,34+,35+,36-,37+/m1/s1. The molecule has 276 valence electrons. The van der Waals surface area contributed by atoms with Crippen LogP contribution in [0.1, 0.15) is 66.0 Å². The molecule has 1 fully saturated rings. The fourth-order valence-electron chi connectivity index (χ4n) is 6.35. The van der Waals surface area contributed by atoms with E-state index < -0.39 is 81.2 Å². The molecule has 2 N–H and O–H groups in total. The van der Waals surface area contributed by atoms with Crippen LogP contribution in [0.2, 0.25) is 0 Å². The molecule has 1 aromatic rings. The second-order valence-electron chi connectivity index (χ2n) is 13.8. The first-order chi connectivity index (χ1) is 23.3. The minimum absolute atomic E-state index is 0.372. The quantitative estimate of drug-likeness (QED) is 0.136. The normalized spacial score (nSPS) is 38.1. The molecule has 2 heterocycles. The predicted octanol–water partition coefficient (Wildman–Crippen LogP) is 3.36. The van der Waals surface area contributed by atoms with E-state index in [9.17, 15) is 29.4 Å². The van der Waals surface area contributed by atoms with Gasteiger partial charge in [0, 0.05) is 38.0 Å². The number of alkyl halides is 1. The Balaban J connectivity index is 2.08. The summed E-state index contributed by atoms with van der Waals surface area (Å²) >= 11 is 1.66. The largest absolute Gasteiger partial charge is 0.455 e. The van der Waals surface area contributed by atoms with Crippen LogP contribution in [-0.4, -0.2) is 105 Å². The van der Waals surface area contributed by atoms with E-state index in [2.05, 4.69) is 5.92 Å². The van der Waals surface area contributed by atoms with E-state index in [1.54, 1.807) is 36.4 Å². The van der Waals surface area contributed by atoms with Crippen molar-refractivity contribution >= 4 is 46.1 Å². The number of methoxy groups -OCH3 is 1. The smallest absolute Gasteiger partial charge is 0.317 e. The number of allylic oxidation sites excluding steroid dienone is 1. The lowest BCUT2D eigenvalue weighted by Crippen LogP contribution is -2.60. The van der Waals surface area contributed by atoms with Gasteiger partial charge in [-0.15, -0.1) is 6.42 Å². The van der Waals surface area contributed by atoms with Crippen molar-refractivity contribution in [3.8, 4) is 12.3 Å². The van der Waals surface area contributed by atoms with Gasteiger partial charge in [-0.3, -0.25) is 24.1 Å². The van der Waals surface area contributed by atoms with Crippen molar-refractivity contribution in [1.82, 2.24) is 4.90 Å². The maximum atomic E-state index is 14.0. The van der Waals surface area contributed by atoms with Crippen LogP contribution in [0.5, 0.6) is 0 Å². The third kappa shape index (κ3) is 9.58. The van der Waals surface area contributed by atoms with Gasteiger partial charge < -0.3 is 33.9 Å². The number of benzene rings is 1. The number of aliphatic hydroxyl groups excluding tert-OH is 1. The molecule has 3 rings (SSSR count). The first kappa shape index (κ1) is 41.7. The summed E-state index contributed by atoms with van der Waals surface area (Å²) in [6, 6.07) is 7.16. The summed E-state index contributed by atoms with van der Waals surface area (Å²) in [5, 5.41) is 22.1. The molecular formula is C37H50INO11. The molecule has 12 nitrogen and oxygen atoms in total. The molecule has 0 radical (unpaired) electrons. The minimum atomic E-state index is -2.02. The van der Waals surface area contributed by atoms with E-state index in [0.717, 1.165) is 11.1 Å². The molecule has 0 spiro atoms. The molecule has 1 aromatic carbocycles. The zero-order chi connectivity index (χ0) is 37.7. The zero-order valence-corrected chi connectivity index (χ0v) is 32.3. The van der Waals surface area contributed by atoms with Gasteiger partial charge in [-0.05, 0) is 93.6 Å². The third-order valence-electron chi connectivity index (χ3n) is 9.76. The van der Waals surface area contributed by atoms with E-state index in [-0.39, 0.29) is 12.1 Å². The predicted molar refractivity (Wildman–Crippen MR) is 192 cm³/mol. The van der Waals surface area contributed by atoms with Gasteiger partial charge in [0.2, 0.25) is 0 Å². The van der Waals surface area contributed by atoms with Gasteiger partial charge in [0.1, 0.15) is 23.2 Å². The SMILES string of the molecule is C#Cc1ccc(CN(C)[C@H]2C[C@@H](C)O[C@@H](O[C@@H]3[C@@H](C)C(=O)[C@@H](C)C(=O)O[C@H](I)[C@@](C)(O)[C@H](O)[C@@H](C)C(=O)/C=C/[C@@]3(C)OC)[C@H]2OC(C)=O)cc1. The Morgan fingerprint density at radius 2 is 1.74 bits per heavy atom. The van der Waals surface area contributed by atoms with Crippen LogP contribution < -0.4 is 0 Å². The Morgan fingerprint density at radius 3 is 2.30 bits per heavy atom. The van der Waals surface area contributed by atoms with Gasteiger partial charge >= 0.3 is 11.9 Å². The van der Waals surface area contributed by atoms with Gasteiger partial charge in [-0.1, -0.05) is 31.9 Å². The lowest BCUT2D eigenvalue weighted by Gasteiger charge is -2.47. The molecule has 13 heteroatoms.